The zero-order valence-electron chi connectivity index (χ0n) is 18.0. The molecule has 174 valence electrons. The number of aromatic nitrogens is 4. The molecule has 8 nitrogen and oxygen atoms in total. The molecule has 4 heterocycles. The van der Waals surface area contributed by atoms with Crippen LogP contribution in [0.15, 0.2) is 55.2 Å². The number of carbonyl (C=O) groups is 1. The maximum atomic E-state index is 14.5. The number of amides is 1. The Morgan fingerprint density at radius 2 is 1.76 bits per heavy atom. The van der Waals surface area contributed by atoms with Gasteiger partial charge in [-0.2, -0.15) is 0 Å². The molecule has 1 aliphatic rings. The largest absolute Gasteiger partial charge is 0.365 e. The van der Waals surface area contributed by atoms with Gasteiger partial charge in [0.15, 0.2) is 5.65 Å². The fraction of sp³-hybridized carbons (Fsp3) is 0.217. The number of hydrogen-bond donors (Lipinski definition) is 1. The zero-order chi connectivity index (χ0) is 23.7. The predicted molar refractivity (Wildman–Crippen MR) is 130 cm³/mol. The molecule has 1 amide bonds. The van der Waals surface area contributed by atoms with E-state index in [1.807, 2.05) is 0 Å². The number of anilines is 2. The number of pyridine rings is 1. The Hall–Kier alpha value is -3.43. The number of rotatable bonds is 5. The van der Waals surface area contributed by atoms with Crippen molar-refractivity contribution >= 4 is 46.3 Å². The summed E-state index contributed by atoms with van der Waals surface area (Å²) in [6.07, 6.45) is 8.04. The molecule has 0 bridgehead atoms. The van der Waals surface area contributed by atoms with Crippen LogP contribution in [0.25, 0.3) is 16.9 Å². The van der Waals surface area contributed by atoms with E-state index in [1.165, 1.54) is 6.07 Å². The highest BCUT2D eigenvalue weighted by atomic mass is 35.5. The monoisotopic (exact) mass is 499 g/mol. The number of fused-ring (bicyclic) bond motifs is 1. The molecule has 1 aromatic carbocycles. The first-order chi connectivity index (χ1) is 16.5. The van der Waals surface area contributed by atoms with Crippen molar-refractivity contribution in [3.05, 3.63) is 71.1 Å². The van der Waals surface area contributed by atoms with Gasteiger partial charge in [0.2, 0.25) is 5.91 Å². The Kier molecular flexibility index (Phi) is 6.21. The maximum absolute atomic E-state index is 14.5. The molecule has 1 aliphatic heterocycles. The van der Waals surface area contributed by atoms with Gasteiger partial charge in [0.25, 0.3) is 0 Å². The average Bonchev–Trinajstić information content (AvgIpc) is 3.21. The number of nitrogens with one attached hydrogen (secondary N) is 1. The summed E-state index contributed by atoms with van der Waals surface area (Å²) in [5.74, 6) is 0.0673. The third-order valence-corrected chi connectivity index (χ3v) is 6.30. The summed E-state index contributed by atoms with van der Waals surface area (Å²) in [6, 6.07) is 6.41. The number of halogens is 3. The summed E-state index contributed by atoms with van der Waals surface area (Å²) < 4.78 is 16.3. The van der Waals surface area contributed by atoms with Crippen LogP contribution in [-0.2, 0) is 4.79 Å². The quantitative estimate of drug-likeness (QED) is 0.447. The van der Waals surface area contributed by atoms with Crippen LogP contribution in [0.5, 0.6) is 0 Å². The van der Waals surface area contributed by atoms with Crippen LogP contribution >= 0.6 is 23.2 Å². The first kappa shape index (κ1) is 22.4. The molecule has 0 atom stereocenters. The Bertz CT molecular complexity index is 1330. The Labute approximate surface area is 205 Å². The molecule has 5 rings (SSSR count). The van der Waals surface area contributed by atoms with Crippen molar-refractivity contribution in [3.63, 3.8) is 0 Å². The van der Waals surface area contributed by atoms with Crippen LogP contribution in [0.3, 0.4) is 0 Å². The van der Waals surface area contributed by atoms with Gasteiger partial charge in [-0.1, -0.05) is 35.3 Å². The molecule has 0 radical (unpaired) electrons. The first-order valence-electron chi connectivity index (χ1n) is 10.7. The SMILES string of the molecule is O=C(CNc1c(-c2ccccc2F)nc2cnccn12)N1CCN(c2c(Cl)cncc2Cl)CC1. The van der Waals surface area contributed by atoms with E-state index in [1.54, 1.807) is 58.5 Å². The van der Waals surface area contributed by atoms with Crippen LogP contribution in [-0.4, -0.2) is 62.9 Å². The van der Waals surface area contributed by atoms with Crippen LogP contribution in [0.1, 0.15) is 0 Å². The zero-order valence-corrected chi connectivity index (χ0v) is 19.5. The first-order valence-corrected chi connectivity index (χ1v) is 11.4. The number of carbonyl (C=O) groups excluding carboxylic acids is 1. The predicted octanol–water partition coefficient (Wildman–Crippen LogP) is 4.00. The third-order valence-electron chi connectivity index (χ3n) is 5.74. The second kappa shape index (κ2) is 9.44. The molecule has 1 N–H and O–H groups in total. The molecule has 34 heavy (non-hydrogen) atoms. The third kappa shape index (κ3) is 4.24. The number of hydrogen-bond acceptors (Lipinski definition) is 6. The van der Waals surface area contributed by atoms with Crippen molar-refractivity contribution in [2.45, 2.75) is 0 Å². The van der Waals surface area contributed by atoms with Crippen molar-refractivity contribution < 1.29 is 9.18 Å². The molecular weight excluding hydrogens is 480 g/mol. The second-order valence-electron chi connectivity index (χ2n) is 7.77. The molecule has 0 aliphatic carbocycles. The molecule has 1 saturated heterocycles. The summed E-state index contributed by atoms with van der Waals surface area (Å²) in [5, 5.41) is 4.14. The van der Waals surface area contributed by atoms with Crippen molar-refractivity contribution in [2.75, 3.05) is 42.9 Å². The van der Waals surface area contributed by atoms with Gasteiger partial charge < -0.3 is 15.1 Å². The van der Waals surface area contributed by atoms with Gasteiger partial charge in [0.05, 0.1) is 28.5 Å². The van der Waals surface area contributed by atoms with E-state index in [2.05, 4.69) is 25.2 Å². The molecule has 0 saturated carbocycles. The van der Waals surface area contributed by atoms with E-state index in [-0.39, 0.29) is 12.5 Å². The van der Waals surface area contributed by atoms with Gasteiger partial charge in [-0.3, -0.25) is 19.2 Å². The lowest BCUT2D eigenvalue weighted by molar-refractivity contribution is -0.129. The van der Waals surface area contributed by atoms with Gasteiger partial charge >= 0.3 is 0 Å². The van der Waals surface area contributed by atoms with E-state index in [0.29, 0.717) is 58.9 Å². The molecule has 4 aromatic rings. The van der Waals surface area contributed by atoms with Gasteiger partial charge in [-0.05, 0) is 12.1 Å². The van der Waals surface area contributed by atoms with E-state index in [0.717, 1.165) is 5.69 Å². The molecule has 11 heteroatoms. The van der Waals surface area contributed by atoms with E-state index in [9.17, 15) is 9.18 Å². The number of benzene rings is 1. The topological polar surface area (TPSA) is 78.7 Å². The van der Waals surface area contributed by atoms with Crippen LogP contribution in [0.2, 0.25) is 10.0 Å². The van der Waals surface area contributed by atoms with Crippen LogP contribution in [0.4, 0.5) is 15.9 Å². The minimum absolute atomic E-state index is 0.0360. The van der Waals surface area contributed by atoms with Crippen molar-refractivity contribution in [1.82, 2.24) is 24.3 Å². The van der Waals surface area contributed by atoms with Crippen LogP contribution in [0, 0.1) is 5.82 Å². The Morgan fingerprint density at radius 3 is 2.50 bits per heavy atom. The summed E-state index contributed by atoms with van der Waals surface area (Å²) in [6.45, 7) is 2.27. The van der Waals surface area contributed by atoms with Crippen molar-refractivity contribution in [1.29, 1.82) is 0 Å². The van der Waals surface area contributed by atoms with E-state index in [4.69, 9.17) is 23.2 Å². The van der Waals surface area contributed by atoms with Crippen molar-refractivity contribution in [3.8, 4) is 11.3 Å². The fourth-order valence-electron chi connectivity index (χ4n) is 4.07. The molecule has 0 unspecified atom stereocenters. The van der Waals surface area contributed by atoms with Crippen molar-refractivity contribution in [2.24, 2.45) is 0 Å². The minimum Gasteiger partial charge on any atom is -0.365 e. The number of imidazole rings is 1. The molecular formula is C23H20Cl2FN7O. The summed E-state index contributed by atoms with van der Waals surface area (Å²) in [5.41, 5.74) is 2.06. The summed E-state index contributed by atoms with van der Waals surface area (Å²) in [7, 11) is 0. The lowest BCUT2D eigenvalue weighted by Crippen LogP contribution is -2.50. The standard InChI is InChI=1S/C23H20Cl2FN7O/c24-16-11-28-12-17(25)22(16)32-9-7-31(8-10-32)20(34)14-29-23-21(15-3-1-2-4-18(15)26)30-19-13-27-5-6-33(19)23/h1-6,11-13,29H,7-10,14H2. The normalized spacial score (nSPS) is 14.0. The van der Waals surface area contributed by atoms with E-state index < -0.39 is 5.82 Å². The molecule has 3 aromatic heterocycles. The summed E-state index contributed by atoms with van der Waals surface area (Å²) in [4.78, 5) is 29.4. The smallest absolute Gasteiger partial charge is 0.242 e. The molecule has 0 spiro atoms. The fourth-order valence-corrected chi connectivity index (χ4v) is 4.68. The average molecular weight is 500 g/mol. The highest BCUT2D eigenvalue weighted by molar-refractivity contribution is 6.38. The van der Waals surface area contributed by atoms with Gasteiger partial charge in [-0.25, -0.2) is 9.37 Å². The Balaban J connectivity index is 1.31. The lowest BCUT2D eigenvalue weighted by Gasteiger charge is -2.36. The maximum Gasteiger partial charge on any atom is 0.242 e. The van der Waals surface area contributed by atoms with Gasteiger partial charge in [0.1, 0.15) is 17.3 Å². The second-order valence-corrected chi connectivity index (χ2v) is 8.58. The Morgan fingerprint density at radius 1 is 1.03 bits per heavy atom. The van der Waals surface area contributed by atoms with Gasteiger partial charge in [0, 0.05) is 56.5 Å². The minimum atomic E-state index is -0.391. The lowest BCUT2D eigenvalue weighted by atomic mass is 10.1. The number of piperazine rings is 1. The van der Waals surface area contributed by atoms with Crippen LogP contribution < -0.4 is 10.2 Å². The van der Waals surface area contributed by atoms with Gasteiger partial charge in [-0.15, -0.1) is 0 Å². The highest BCUT2D eigenvalue weighted by Crippen LogP contribution is 2.33. The number of nitrogens with zero attached hydrogens (tertiary/aromatic N) is 6. The summed E-state index contributed by atoms with van der Waals surface area (Å²) >= 11 is 12.5. The molecule has 1 fully saturated rings. The highest BCUT2D eigenvalue weighted by Gasteiger charge is 2.25. The van der Waals surface area contributed by atoms with E-state index >= 15 is 0 Å².